The number of piperidine rings is 1. The maximum absolute atomic E-state index is 12.9. The lowest BCUT2D eigenvalue weighted by molar-refractivity contribution is -0.137. The monoisotopic (exact) mass is 384 g/mol. The number of anilines is 1. The van der Waals surface area contributed by atoms with Gasteiger partial charge in [-0.15, -0.1) is 0 Å². The molecule has 1 atom stereocenters. The Labute approximate surface area is 158 Å². The highest BCUT2D eigenvalue weighted by atomic mass is 19.4. The van der Waals surface area contributed by atoms with E-state index in [1.165, 1.54) is 12.1 Å². The topological polar surface area (TPSA) is 38.8 Å². The number of benzene rings is 1. The van der Waals surface area contributed by atoms with Crippen LogP contribution < -0.4 is 10.2 Å². The third kappa shape index (κ3) is 5.13. The molecule has 1 unspecified atom stereocenters. The molecule has 0 radical (unpaired) electrons. The first kappa shape index (κ1) is 19.9. The number of nitrogens with zero attached hydrogens (tertiary/aromatic N) is 3. The number of amides is 1. The van der Waals surface area contributed by atoms with Crippen molar-refractivity contribution in [2.45, 2.75) is 25.1 Å². The summed E-state index contributed by atoms with van der Waals surface area (Å²) in [6.45, 7) is 4.41. The maximum Gasteiger partial charge on any atom is 0.416 e. The summed E-state index contributed by atoms with van der Waals surface area (Å²) in [7, 11) is 1.95. The summed E-state index contributed by atoms with van der Waals surface area (Å²) >= 11 is 0. The molecule has 0 saturated carbocycles. The molecule has 0 aromatic heterocycles. The van der Waals surface area contributed by atoms with E-state index in [0.717, 1.165) is 32.0 Å². The molecule has 1 aromatic rings. The fourth-order valence-corrected chi connectivity index (χ4v) is 3.82. The highest BCUT2D eigenvalue weighted by Gasteiger charge is 2.31. The third-order valence-corrected chi connectivity index (χ3v) is 5.44. The second kappa shape index (κ2) is 8.48. The van der Waals surface area contributed by atoms with Gasteiger partial charge in [-0.05, 0) is 44.6 Å². The number of piperazine rings is 1. The smallest absolute Gasteiger partial charge is 0.368 e. The van der Waals surface area contributed by atoms with Crippen molar-refractivity contribution in [3.8, 4) is 0 Å². The SMILES string of the molecule is CNC1CCCN(CC(=O)N2CCN(c3cccc(C(F)(F)F)c3)CC2)C1. The maximum atomic E-state index is 12.9. The van der Waals surface area contributed by atoms with E-state index in [2.05, 4.69) is 10.2 Å². The minimum Gasteiger partial charge on any atom is -0.368 e. The van der Waals surface area contributed by atoms with Crippen LogP contribution in [0.2, 0.25) is 0 Å². The molecule has 1 N–H and O–H groups in total. The van der Waals surface area contributed by atoms with Crippen molar-refractivity contribution in [3.05, 3.63) is 29.8 Å². The zero-order chi connectivity index (χ0) is 19.4. The molecule has 2 saturated heterocycles. The zero-order valence-electron chi connectivity index (χ0n) is 15.6. The number of likely N-dealkylation sites (N-methyl/N-ethyl adjacent to an activating group) is 1. The van der Waals surface area contributed by atoms with Gasteiger partial charge >= 0.3 is 6.18 Å². The summed E-state index contributed by atoms with van der Waals surface area (Å²) in [4.78, 5) is 18.5. The van der Waals surface area contributed by atoms with E-state index in [9.17, 15) is 18.0 Å². The van der Waals surface area contributed by atoms with Gasteiger partial charge in [-0.3, -0.25) is 9.69 Å². The molecule has 0 bridgehead atoms. The van der Waals surface area contributed by atoms with Gasteiger partial charge in [-0.1, -0.05) is 6.07 Å². The number of hydrogen-bond donors (Lipinski definition) is 1. The molecule has 3 rings (SSSR count). The van der Waals surface area contributed by atoms with E-state index in [0.29, 0.717) is 44.5 Å². The van der Waals surface area contributed by atoms with Gasteiger partial charge in [0.1, 0.15) is 0 Å². The van der Waals surface area contributed by atoms with Gasteiger partial charge in [-0.2, -0.15) is 13.2 Å². The number of carbonyl (C=O) groups is 1. The number of hydrogen-bond acceptors (Lipinski definition) is 4. The van der Waals surface area contributed by atoms with Crippen LogP contribution in [0.5, 0.6) is 0 Å². The Kier molecular flexibility index (Phi) is 6.26. The van der Waals surface area contributed by atoms with Crippen LogP contribution in [0.25, 0.3) is 0 Å². The summed E-state index contributed by atoms with van der Waals surface area (Å²) < 4.78 is 38.7. The number of likely N-dealkylation sites (tertiary alicyclic amines) is 1. The molecular weight excluding hydrogens is 357 g/mol. The Bertz CT molecular complexity index is 644. The number of nitrogens with one attached hydrogen (secondary N) is 1. The van der Waals surface area contributed by atoms with Crippen LogP contribution in [0.1, 0.15) is 18.4 Å². The predicted octanol–water partition coefficient (Wildman–Crippen LogP) is 2.04. The van der Waals surface area contributed by atoms with E-state index >= 15 is 0 Å². The fourth-order valence-electron chi connectivity index (χ4n) is 3.82. The normalized spacial score (nSPS) is 22.1. The number of carbonyl (C=O) groups excluding carboxylic acids is 1. The standard InChI is InChI=1S/C19H27F3N4O/c1-23-16-5-3-7-24(13-16)14-18(27)26-10-8-25(9-11-26)17-6-2-4-15(12-17)19(20,21)22/h2,4,6,12,16,23H,3,5,7-11,13-14H2,1H3. The largest absolute Gasteiger partial charge is 0.416 e. The summed E-state index contributed by atoms with van der Waals surface area (Å²) in [6, 6.07) is 5.83. The Balaban J connectivity index is 1.52. The quantitative estimate of drug-likeness (QED) is 0.862. The summed E-state index contributed by atoms with van der Waals surface area (Å²) in [6.07, 6.45) is -2.12. The van der Waals surface area contributed by atoms with E-state index in [-0.39, 0.29) is 5.91 Å². The molecular formula is C19H27F3N4O. The molecule has 0 aliphatic carbocycles. The first-order valence-corrected chi connectivity index (χ1v) is 9.46. The molecule has 150 valence electrons. The van der Waals surface area contributed by atoms with E-state index in [1.807, 2.05) is 16.8 Å². The van der Waals surface area contributed by atoms with Crippen LogP contribution in [0.15, 0.2) is 24.3 Å². The molecule has 8 heteroatoms. The van der Waals surface area contributed by atoms with Gasteiger partial charge in [0.15, 0.2) is 0 Å². The van der Waals surface area contributed by atoms with E-state index in [1.54, 1.807) is 6.07 Å². The average molecular weight is 384 g/mol. The van der Waals surface area contributed by atoms with Crippen molar-refractivity contribution in [3.63, 3.8) is 0 Å². The zero-order valence-corrected chi connectivity index (χ0v) is 15.6. The Hall–Kier alpha value is -1.80. The van der Waals surface area contributed by atoms with Crippen LogP contribution >= 0.6 is 0 Å². The van der Waals surface area contributed by atoms with Crippen LogP contribution in [0.4, 0.5) is 18.9 Å². The lowest BCUT2D eigenvalue weighted by Gasteiger charge is -2.38. The minimum atomic E-state index is -4.34. The molecule has 27 heavy (non-hydrogen) atoms. The fraction of sp³-hybridized carbons (Fsp3) is 0.632. The van der Waals surface area contributed by atoms with Crippen molar-refractivity contribution < 1.29 is 18.0 Å². The first-order valence-electron chi connectivity index (χ1n) is 9.46. The highest BCUT2D eigenvalue weighted by Crippen LogP contribution is 2.31. The highest BCUT2D eigenvalue weighted by molar-refractivity contribution is 5.78. The molecule has 0 spiro atoms. The van der Waals surface area contributed by atoms with Crippen molar-refractivity contribution in [1.29, 1.82) is 0 Å². The molecule has 2 heterocycles. The predicted molar refractivity (Wildman–Crippen MR) is 98.8 cm³/mol. The van der Waals surface area contributed by atoms with Crippen LogP contribution in [0, 0.1) is 0 Å². The minimum absolute atomic E-state index is 0.107. The lowest BCUT2D eigenvalue weighted by atomic mass is 10.1. The molecule has 1 aromatic carbocycles. The Morgan fingerprint density at radius 1 is 1.19 bits per heavy atom. The third-order valence-electron chi connectivity index (χ3n) is 5.44. The van der Waals surface area contributed by atoms with Crippen LogP contribution in [-0.4, -0.2) is 74.6 Å². The van der Waals surface area contributed by atoms with E-state index < -0.39 is 11.7 Å². The Morgan fingerprint density at radius 3 is 2.59 bits per heavy atom. The van der Waals surface area contributed by atoms with E-state index in [4.69, 9.17) is 0 Å². The van der Waals surface area contributed by atoms with Crippen molar-refractivity contribution in [2.24, 2.45) is 0 Å². The molecule has 2 fully saturated rings. The molecule has 5 nitrogen and oxygen atoms in total. The Morgan fingerprint density at radius 2 is 1.93 bits per heavy atom. The van der Waals surface area contributed by atoms with Gasteiger partial charge in [0, 0.05) is 44.5 Å². The van der Waals surface area contributed by atoms with Crippen molar-refractivity contribution in [1.82, 2.24) is 15.1 Å². The second-order valence-corrected chi connectivity index (χ2v) is 7.28. The van der Waals surface area contributed by atoms with Crippen LogP contribution in [-0.2, 0) is 11.0 Å². The number of halogens is 3. The number of rotatable bonds is 4. The van der Waals surface area contributed by atoms with Crippen LogP contribution in [0.3, 0.4) is 0 Å². The van der Waals surface area contributed by atoms with Gasteiger partial charge in [0.05, 0.1) is 12.1 Å². The summed E-state index contributed by atoms with van der Waals surface area (Å²) in [5, 5.41) is 3.27. The van der Waals surface area contributed by atoms with Gasteiger partial charge in [-0.25, -0.2) is 0 Å². The van der Waals surface area contributed by atoms with Gasteiger partial charge in [0.25, 0.3) is 0 Å². The van der Waals surface area contributed by atoms with Gasteiger partial charge in [0.2, 0.25) is 5.91 Å². The second-order valence-electron chi connectivity index (χ2n) is 7.28. The molecule has 2 aliphatic rings. The first-order chi connectivity index (χ1) is 12.9. The molecule has 2 aliphatic heterocycles. The average Bonchev–Trinajstić information content (AvgIpc) is 2.67. The molecule has 1 amide bonds. The van der Waals surface area contributed by atoms with Crippen molar-refractivity contribution >= 4 is 11.6 Å². The summed E-state index contributed by atoms with van der Waals surface area (Å²) in [5.74, 6) is 0.107. The number of alkyl halides is 3. The summed E-state index contributed by atoms with van der Waals surface area (Å²) in [5.41, 5.74) is -0.0764. The van der Waals surface area contributed by atoms with Crippen molar-refractivity contribution in [2.75, 3.05) is 57.8 Å². The van der Waals surface area contributed by atoms with Gasteiger partial charge < -0.3 is 15.1 Å². The lowest BCUT2D eigenvalue weighted by Crippen LogP contribution is -2.53.